The molecule has 32 heavy (non-hydrogen) atoms. The van der Waals surface area contributed by atoms with Gasteiger partial charge in [-0.05, 0) is 54.3 Å². The number of nitrogens with zero attached hydrogens (tertiary/aromatic N) is 1. The van der Waals surface area contributed by atoms with Gasteiger partial charge in [0.05, 0.1) is 23.9 Å². The zero-order valence-corrected chi connectivity index (χ0v) is 18.9. The van der Waals surface area contributed by atoms with Crippen molar-refractivity contribution in [3.05, 3.63) is 75.3 Å². The summed E-state index contributed by atoms with van der Waals surface area (Å²) in [5.41, 5.74) is 4.98. The second-order valence-electron chi connectivity index (χ2n) is 7.98. The van der Waals surface area contributed by atoms with Crippen LogP contribution in [0.1, 0.15) is 39.9 Å². The van der Waals surface area contributed by atoms with Crippen LogP contribution >= 0.6 is 15.9 Å². The molecule has 0 bridgehead atoms. The minimum atomic E-state index is -4.37. The van der Waals surface area contributed by atoms with Crippen molar-refractivity contribution >= 4 is 27.6 Å². The first kappa shape index (κ1) is 22.8. The summed E-state index contributed by atoms with van der Waals surface area (Å²) < 4.78 is 43.6. The molecule has 2 aromatic rings. The van der Waals surface area contributed by atoms with Gasteiger partial charge in [-0.2, -0.15) is 13.2 Å². The largest absolute Gasteiger partial charge is 0.465 e. The third-order valence-corrected chi connectivity index (χ3v) is 6.49. The van der Waals surface area contributed by atoms with E-state index >= 15 is 0 Å². The zero-order valence-electron chi connectivity index (χ0n) is 17.3. The van der Waals surface area contributed by atoms with Crippen molar-refractivity contribution in [1.29, 1.82) is 0 Å². The standard InChI is InChI=1S/C23H22BrF3N2O3/c1-31-21(30)17-5-3-16(4-6-17)20-13-22(32-28-20)8-10-29(11-9-22)14-15-2-7-18(19(24)12-15)23(25,26)27/h2-7,12-13,28H,8-11,14H2,1H3. The van der Waals surface area contributed by atoms with Gasteiger partial charge < -0.3 is 4.74 Å². The molecule has 0 radical (unpaired) electrons. The van der Waals surface area contributed by atoms with Crippen LogP contribution in [0.2, 0.25) is 0 Å². The highest BCUT2D eigenvalue weighted by Crippen LogP contribution is 2.37. The Morgan fingerprint density at radius 1 is 1.19 bits per heavy atom. The molecule has 1 fully saturated rings. The first-order valence-electron chi connectivity index (χ1n) is 10.1. The lowest BCUT2D eigenvalue weighted by Crippen LogP contribution is -2.44. The molecule has 0 aliphatic carbocycles. The van der Waals surface area contributed by atoms with Gasteiger partial charge in [0.25, 0.3) is 0 Å². The molecule has 2 aromatic carbocycles. The molecule has 0 atom stereocenters. The number of esters is 1. The molecular formula is C23H22BrF3N2O3. The Hall–Kier alpha value is -2.36. The van der Waals surface area contributed by atoms with E-state index < -0.39 is 17.3 Å². The van der Waals surface area contributed by atoms with Crippen molar-refractivity contribution in [2.45, 2.75) is 31.2 Å². The first-order valence-corrected chi connectivity index (χ1v) is 10.9. The average Bonchev–Trinajstić information content (AvgIpc) is 3.18. The summed E-state index contributed by atoms with van der Waals surface area (Å²) in [4.78, 5) is 19.7. The number of carbonyl (C=O) groups excluding carboxylic acids is 1. The lowest BCUT2D eigenvalue weighted by molar-refractivity contribution is -0.138. The smallest absolute Gasteiger partial charge is 0.417 e. The minimum absolute atomic E-state index is 0.0603. The Morgan fingerprint density at radius 2 is 1.88 bits per heavy atom. The zero-order chi connectivity index (χ0) is 22.9. The number of piperidine rings is 1. The monoisotopic (exact) mass is 510 g/mol. The number of alkyl halides is 3. The van der Waals surface area contributed by atoms with Crippen molar-refractivity contribution < 1.29 is 27.5 Å². The molecule has 9 heteroatoms. The van der Waals surface area contributed by atoms with Crippen LogP contribution in [0, 0.1) is 0 Å². The summed E-state index contributed by atoms with van der Waals surface area (Å²) >= 11 is 3.04. The molecule has 1 spiro atoms. The Balaban J connectivity index is 1.38. The normalized spacial score (nSPS) is 18.3. The Kier molecular flexibility index (Phi) is 6.33. The second kappa shape index (κ2) is 8.88. The number of nitrogens with one attached hydrogen (secondary N) is 1. The van der Waals surface area contributed by atoms with E-state index in [0.717, 1.165) is 48.8 Å². The van der Waals surface area contributed by atoms with Crippen LogP contribution in [0.25, 0.3) is 5.70 Å². The number of hydrogen-bond donors (Lipinski definition) is 1. The van der Waals surface area contributed by atoms with Crippen molar-refractivity contribution in [3.63, 3.8) is 0 Å². The highest BCUT2D eigenvalue weighted by molar-refractivity contribution is 9.10. The molecule has 0 aromatic heterocycles. The van der Waals surface area contributed by atoms with E-state index in [9.17, 15) is 18.0 Å². The minimum Gasteiger partial charge on any atom is -0.465 e. The molecule has 0 saturated carbocycles. The quantitative estimate of drug-likeness (QED) is 0.575. The maximum Gasteiger partial charge on any atom is 0.417 e. The van der Waals surface area contributed by atoms with Crippen molar-refractivity contribution in [2.75, 3.05) is 20.2 Å². The lowest BCUT2D eigenvalue weighted by Gasteiger charge is -2.36. The van der Waals surface area contributed by atoms with E-state index in [2.05, 4.69) is 32.4 Å². The number of hydroxylamine groups is 1. The fraction of sp³-hybridized carbons (Fsp3) is 0.348. The molecular weight excluding hydrogens is 489 g/mol. The highest BCUT2D eigenvalue weighted by atomic mass is 79.9. The fourth-order valence-electron chi connectivity index (χ4n) is 4.01. The number of halogens is 4. The summed E-state index contributed by atoms with van der Waals surface area (Å²) in [6, 6.07) is 11.3. The van der Waals surface area contributed by atoms with E-state index in [1.54, 1.807) is 12.1 Å². The topological polar surface area (TPSA) is 50.8 Å². The average molecular weight is 511 g/mol. The van der Waals surface area contributed by atoms with Crippen LogP contribution in [0.15, 0.2) is 53.0 Å². The van der Waals surface area contributed by atoms with Crippen molar-refractivity contribution in [2.24, 2.45) is 0 Å². The van der Waals surface area contributed by atoms with Gasteiger partial charge in [-0.3, -0.25) is 15.2 Å². The molecule has 0 amide bonds. The van der Waals surface area contributed by atoms with Gasteiger partial charge in [0.15, 0.2) is 0 Å². The third kappa shape index (κ3) is 4.84. The molecule has 2 heterocycles. The van der Waals surface area contributed by atoms with Crippen LogP contribution < -0.4 is 5.48 Å². The van der Waals surface area contributed by atoms with Crippen LogP contribution in [-0.4, -0.2) is 36.7 Å². The Labute approximate surface area is 192 Å². The molecule has 1 saturated heterocycles. The predicted molar refractivity (Wildman–Crippen MR) is 116 cm³/mol. The second-order valence-corrected chi connectivity index (χ2v) is 8.84. The SMILES string of the molecule is COC(=O)c1ccc(C2=CC3(CCN(Cc4ccc(C(F)(F)F)c(Br)c4)CC3)ON2)cc1. The number of rotatable bonds is 4. The molecule has 2 aliphatic rings. The van der Waals surface area contributed by atoms with E-state index in [0.29, 0.717) is 12.1 Å². The summed E-state index contributed by atoms with van der Waals surface area (Å²) in [6.07, 6.45) is -0.783. The summed E-state index contributed by atoms with van der Waals surface area (Å²) in [7, 11) is 1.34. The van der Waals surface area contributed by atoms with Gasteiger partial charge in [-0.15, -0.1) is 0 Å². The fourth-order valence-corrected chi connectivity index (χ4v) is 4.66. The number of carbonyl (C=O) groups is 1. The van der Waals surface area contributed by atoms with Gasteiger partial charge in [0.2, 0.25) is 0 Å². The van der Waals surface area contributed by atoms with E-state index in [1.807, 2.05) is 12.1 Å². The third-order valence-electron chi connectivity index (χ3n) is 5.84. The van der Waals surface area contributed by atoms with Gasteiger partial charge in [0.1, 0.15) is 5.60 Å². The summed E-state index contributed by atoms with van der Waals surface area (Å²) in [5.74, 6) is -0.384. The molecule has 4 rings (SSSR count). The number of likely N-dealkylation sites (tertiary alicyclic amines) is 1. The highest BCUT2D eigenvalue weighted by Gasteiger charge is 2.39. The van der Waals surface area contributed by atoms with E-state index in [1.165, 1.54) is 19.2 Å². The molecule has 5 nitrogen and oxygen atoms in total. The van der Waals surface area contributed by atoms with Crippen LogP contribution in [-0.2, 0) is 22.3 Å². The Morgan fingerprint density at radius 3 is 2.47 bits per heavy atom. The van der Waals surface area contributed by atoms with Gasteiger partial charge in [0, 0.05) is 24.1 Å². The molecule has 170 valence electrons. The molecule has 1 N–H and O–H groups in total. The molecule has 0 unspecified atom stereocenters. The molecule has 2 aliphatic heterocycles. The van der Waals surface area contributed by atoms with Crippen LogP contribution in [0.4, 0.5) is 13.2 Å². The first-order chi connectivity index (χ1) is 15.2. The van der Waals surface area contributed by atoms with Gasteiger partial charge in [-0.25, -0.2) is 4.79 Å². The van der Waals surface area contributed by atoms with Gasteiger partial charge in [-0.1, -0.05) is 34.1 Å². The van der Waals surface area contributed by atoms with Crippen molar-refractivity contribution in [3.8, 4) is 0 Å². The lowest BCUT2D eigenvalue weighted by atomic mass is 9.90. The maximum absolute atomic E-state index is 12.9. The summed E-state index contributed by atoms with van der Waals surface area (Å²) in [5, 5.41) is 0. The number of ether oxygens (including phenoxy) is 1. The summed E-state index contributed by atoms with van der Waals surface area (Å²) in [6.45, 7) is 2.09. The van der Waals surface area contributed by atoms with Gasteiger partial charge >= 0.3 is 12.1 Å². The van der Waals surface area contributed by atoms with Crippen molar-refractivity contribution in [1.82, 2.24) is 10.4 Å². The predicted octanol–water partition coefficient (Wildman–Crippen LogP) is 5.17. The number of benzene rings is 2. The Bertz CT molecular complexity index is 1030. The van der Waals surface area contributed by atoms with Crippen LogP contribution in [0.5, 0.6) is 0 Å². The van der Waals surface area contributed by atoms with E-state index in [-0.39, 0.29) is 10.4 Å². The number of methoxy groups -OCH3 is 1. The maximum atomic E-state index is 12.9. The van der Waals surface area contributed by atoms with E-state index in [4.69, 9.17) is 9.57 Å². The van der Waals surface area contributed by atoms with Crippen LogP contribution in [0.3, 0.4) is 0 Å². The number of hydrogen-bond acceptors (Lipinski definition) is 5.